The van der Waals surface area contributed by atoms with Gasteiger partial charge in [0.05, 0.1) is 0 Å². The van der Waals surface area contributed by atoms with E-state index < -0.39 is 0 Å². The van der Waals surface area contributed by atoms with Crippen LogP contribution in [0.3, 0.4) is 0 Å². The zero-order valence-corrected chi connectivity index (χ0v) is 17.5. The van der Waals surface area contributed by atoms with Gasteiger partial charge < -0.3 is 9.47 Å². The minimum atomic E-state index is 0.558. The van der Waals surface area contributed by atoms with Gasteiger partial charge in [0.25, 0.3) is 0 Å². The number of benzene rings is 3. The van der Waals surface area contributed by atoms with Crippen molar-refractivity contribution < 1.29 is 9.47 Å². The highest BCUT2D eigenvalue weighted by Crippen LogP contribution is 2.20. The summed E-state index contributed by atoms with van der Waals surface area (Å²) in [7, 11) is 0. The minimum Gasteiger partial charge on any atom is -0.489 e. The zero-order valence-electron chi connectivity index (χ0n) is 14.3. The monoisotopic (exact) mass is 474 g/mol. The van der Waals surface area contributed by atoms with Crippen LogP contribution in [0.4, 0.5) is 0 Å². The van der Waals surface area contributed by atoms with E-state index in [2.05, 4.69) is 80.4 Å². The normalized spacial score (nSPS) is 10.5. The van der Waals surface area contributed by atoms with Crippen LogP contribution in [0.2, 0.25) is 0 Å². The Kier molecular flexibility index (Phi) is 7.15. The fourth-order valence-electron chi connectivity index (χ4n) is 2.41. The molecule has 0 saturated carbocycles. The van der Waals surface area contributed by atoms with Gasteiger partial charge >= 0.3 is 0 Å². The molecule has 2 nitrogen and oxygen atoms in total. The molecule has 134 valence electrons. The summed E-state index contributed by atoms with van der Waals surface area (Å²) in [6.07, 6.45) is 0. The standard InChI is InChI=1S/C22H20Br2O2/c23-13-17-1-5-19(6-2-17)15-25-21-9-11-22(12-10-21)26-16-20-7-3-18(14-24)4-8-20/h1-12H,13-16H2. The first-order valence-corrected chi connectivity index (χ1v) is 10.6. The first kappa shape index (κ1) is 19.0. The quantitative estimate of drug-likeness (QED) is 0.340. The summed E-state index contributed by atoms with van der Waals surface area (Å²) in [5.41, 5.74) is 4.83. The van der Waals surface area contributed by atoms with Crippen LogP contribution in [-0.2, 0) is 23.9 Å². The van der Waals surface area contributed by atoms with Crippen molar-refractivity contribution in [3.8, 4) is 11.5 Å². The van der Waals surface area contributed by atoms with Crippen molar-refractivity contribution in [1.82, 2.24) is 0 Å². The lowest BCUT2D eigenvalue weighted by Gasteiger charge is -2.09. The van der Waals surface area contributed by atoms with Crippen molar-refractivity contribution in [2.75, 3.05) is 0 Å². The Hall–Kier alpha value is -1.78. The van der Waals surface area contributed by atoms with E-state index in [0.29, 0.717) is 13.2 Å². The number of ether oxygens (including phenoxy) is 2. The van der Waals surface area contributed by atoms with Gasteiger partial charge in [-0.15, -0.1) is 0 Å². The van der Waals surface area contributed by atoms with E-state index in [0.717, 1.165) is 33.3 Å². The number of halogens is 2. The van der Waals surface area contributed by atoms with Crippen molar-refractivity contribution in [3.63, 3.8) is 0 Å². The molecule has 3 aromatic rings. The zero-order chi connectivity index (χ0) is 18.2. The summed E-state index contributed by atoms with van der Waals surface area (Å²) in [5, 5.41) is 1.74. The second kappa shape index (κ2) is 9.79. The summed E-state index contributed by atoms with van der Waals surface area (Å²) in [6.45, 7) is 1.12. The molecule has 3 aromatic carbocycles. The highest BCUT2D eigenvalue weighted by molar-refractivity contribution is 9.08. The van der Waals surface area contributed by atoms with Crippen LogP contribution >= 0.6 is 31.9 Å². The third-order valence-electron chi connectivity index (χ3n) is 3.99. The molecule has 0 aliphatic heterocycles. The van der Waals surface area contributed by atoms with Crippen molar-refractivity contribution in [2.45, 2.75) is 23.9 Å². The number of hydrogen-bond acceptors (Lipinski definition) is 2. The average molecular weight is 476 g/mol. The Morgan fingerprint density at radius 2 is 0.769 bits per heavy atom. The van der Waals surface area contributed by atoms with Crippen LogP contribution < -0.4 is 9.47 Å². The Morgan fingerprint density at radius 1 is 0.462 bits per heavy atom. The van der Waals surface area contributed by atoms with Crippen LogP contribution in [0.1, 0.15) is 22.3 Å². The Labute approximate surface area is 171 Å². The fraction of sp³-hybridized carbons (Fsp3) is 0.182. The van der Waals surface area contributed by atoms with Crippen molar-refractivity contribution in [1.29, 1.82) is 0 Å². The highest BCUT2D eigenvalue weighted by Gasteiger charge is 2.00. The molecule has 0 radical (unpaired) electrons. The summed E-state index contributed by atoms with van der Waals surface area (Å²) in [6, 6.07) is 24.6. The Morgan fingerprint density at radius 3 is 1.08 bits per heavy atom. The van der Waals surface area contributed by atoms with Gasteiger partial charge in [-0.1, -0.05) is 80.4 Å². The van der Waals surface area contributed by atoms with Gasteiger partial charge in [-0.05, 0) is 46.5 Å². The maximum Gasteiger partial charge on any atom is 0.120 e. The molecule has 0 unspecified atom stereocenters. The van der Waals surface area contributed by atoms with E-state index in [1.54, 1.807) is 0 Å². The third-order valence-corrected chi connectivity index (χ3v) is 5.28. The van der Waals surface area contributed by atoms with Gasteiger partial charge in [0.15, 0.2) is 0 Å². The molecule has 0 spiro atoms. The molecule has 0 aliphatic carbocycles. The summed E-state index contributed by atoms with van der Waals surface area (Å²) >= 11 is 6.91. The Bertz CT molecular complexity index is 727. The lowest BCUT2D eigenvalue weighted by atomic mass is 10.2. The SMILES string of the molecule is BrCc1ccc(COc2ccc(OCc3ccc(CBr)cc3)cc2)cc1. The summed E-state index contributed by atoms with van der Waals surface area (Å²) in [5.74, 6) is 1.67. The number of hydrogen-bond donors (Lipinski definition) is 0. The van der Waals surface area contributed by atoms with E-state index in [-0.39, 0.29) is 0 Å². The lowest BCUT2D eigenvalue weighted by molar-refractivity contribution is 0.297. The lowest BCUT2D eigenvalue weighted by Crippen LogP contribution is -1.97. The van der Waals surface area contributed by atoms with E-state index in [9.17, 15) is 0 Å². The third kappa shape index (κ3) is 5.61. The predicted octanol–water partition coefficient (Wildman–Crippen LogP) is 6.63. The number of alkyl halides is 2. The molecule has 0 aromatic heterocycles. The summed E-state index contributed by atoms with van der Waals surface area (Å²) in [4.78, 5) is 0. The van der Waals surface area contributed by atoms with E-state index in [1.165, 1.54) is 11.1 Å². The summed E-state index contributed by atoms with van der Waals surface area (Å²) < 4.78 is 11.7. The molecule has 26 heavy (non-hydrogen) atoms. The molecule has 4 heteroatoms. The molecule has 0 bridgehead atoms. The molecular formula is C22H20Br2O2. The molecule has 0 amide bonds. The molecule has 0 atom stereocenters. The maximum atomic E-state index is 5.84. The van der Waals surface area contributed by atoms with E-state index >= 15 is 0 Å². The first-order chi connectivity index (χ1) is 12.8. The van der Waals surface area contributed by atoms with Crippen LogP contribution in [0.15, 0.2) is 72.8 Å². The van der Waals surface area contributed by atoms with Gasteiger partial charge in [0.1, 0.15) is 24.7 Å². The topological polar surface area (TPSA) is 18.5 Å². The van der Waals surface area contributed by atoms with Crippen LogP contribution in [0.5, 0.6) is 11.5 Å². The number of rotatable bonds is 8. The van der Waals surface area contributed by atoms with Crippen LogP contribution in [0, 0.1) is 0 Å². The van der Waals surface area contributed by atoms with Gasteiger partial charge in [0.2, 0.25) is 0 Å². The maximum absolute atomic E-state index is 5.84. The van der Waals surface area contributed by atoms with E-state index in [4.69, 9.17) is 9.47 Å². The Balaban J connectivity index is 1.49. The molecular weight excluding hydrogens is 456 g/mol. The van der Waals surface area contributed by atoms with E-state index in [1.807, 2.05) is 24.3 Å². The second-order valence-corrected chi connectivity index (χ2v) is 7.07. The highest BCUT2D eigenvalue weighted by atomic mass is 79.9. The molecule has 0 fully saturated rings. The second-order valence-electron chi connectivity index (χ2n) is 5.95. The van der Waals surface area contributed by atoms with Crippen molar-refractivity contribution >= 4 is 31.9 Å². The van der Waals surface area contributed by atoms with Gasteiger partial charge in [-0.3, -0.25) is 0 Å². The van der Waals surface area contributed by atoms with Gasteiger partial charge in [-0.25, -0.2) is 0 Å². The average Bonchev–Trinajstić information content (AvgIpc) is 2.72. The first-order valence-electron chi connectivity index (χ1n) is 8.40. The van der Waals surface area contributed by atoms with Crippen molar-refractivity contribution in [2.24, 2.45) is 0 Å². The molecule has 0 aliphatic rings. The largest absolute Gasteiger partial charge is 0.489 e. The smallest absolute Gasteiger partial charge is 0.120 e. The van der Waals surface area contributed by atoms with Crippen LogP contribution in [-0.4, -0.2) is 0 Å². The molecule has 0 heterocycles. The van der Waals surface area contributed by atoms with Crippen LogP contribution in [0.25, 0.3) is 0 Å². The minimum absolute atomic E-state index is 0.558. The van der Waals surface area contributed by atoms with Gasteiger partial charge in [0, 0.05) is 10.7 Å². The molecule has 0 N–H and O–H groups in total. The molecule has 0 saturated heterocycles. The predicted molar refractivity (Wildman–Crippen MR) is 113 cm³/mol. The fourth-order valence-corrected chi connectivity index (χ4v) is 3.16. The molecule has 3 rings (SSSR count). The van der Waals surface area contributed by atoms with Crippen molar-refractivity contribution in [3.05, 3.63) is 95.1 Å². The van der Waals surface area contributed by atoms with Gasteiger partial charge in [-0.2, -0.15) is 0 Å².